The summed E-state index contributed by atoms with van der Waals surface area (Å²) in [5, 5.41) is 0. The average molecular weight is 191 g/mol. The first-order chi connectivity index (χ1) is 3.73. The summed E-state index contributed by atoms with van der Waals surface area (Å²) < 4.78 is 31.6. The fourth-order valence-corrected chi connectivity index (χ4v) is 0. The van der Waals surface area contributed by atoms with Gasteiger partial charge in [0.15, 0.2) is 0 Å². The average Bonchev–Trinajstić information content (AvgIpc) is 1.19. The van der Waals surface area contributed by atoms with Gasteiger partial charge in [-0.1, -0.05) is 0 Å². The Labute approximate surface area is 68.1 Å². The number of hydrogen-bond donors (Lipinski definition) is 2. The third-order valence-corrected chi connectivity index (χ3v) is 0. The van der Waals surface area contributed by atoms with E-state index in [0.29, 0.717) is 0 Å². The minimum atomic E-state index is -4.67. The monoisotopic (exact) mass is 191 g/mol. The van der Waals surface area contributed by atoms with E-state index in [9.17, 15) is 0 Å². The lowest BCUT2D eigenvalue weighted by Crippen LogP contribution is -1.99. The second kappa shape index (κ2) is 7.29. The third-order valence-electron chi connectivity index (χ3n) is 0. The summed E-state index contributed by atoms with van der Waals surface area (Å²) in [5.41, 5.74) is 0. The molecule has 0 spiro atoms. The molecule has 0 fully saturated rings. The lowest BCUT2D eigenvalue weighted by molar-refractivity contribution is 0.381. The summed E-state index contributed by atoms with van der Waals surface area (Å²) >= 11 is 0. The second-order valence-electron chi connectivity index (χ2n) is 1.79. The molecule has 0 radical (unpaired) electrons. The van der Waals surface area contributed by atoms with E-state index in [4.69, 9.17) is 17.5 Å². The molecule has 0 rings (SSSR count). The minimum Gasteiger partial charge on any atom is -0.312 e. The van der Waals surface area contributed by atoms with Crippen LogP contribution in [0.25, 0.3) is 0 Å². The molecule has 0 aromatic carbocycles. The lowest BCUT2D eigenvalue weighted by atomic mass is 11.0. The van der Waals surface area contributed by atoms with Crippen LogP contribution in [-0.4, -0.2) is 43.6 Å². The van der Waals surface area contributed by atoms with Crippen LogP contribution in [-0.2, 0) is 10.4 Å². The predicted octanol–water partition coefficient (Wildman–Crippen LogP) is -0.362. The summed E-state index contributed by atoms with van der Waals surface area (Å²) in [7, 11) is 1.33. The second-order valence-corrected chi connectivity index (χ2v) is 2.69. The summed E-state index contributed by atoms with van der Waals surface area (Å²) in [6.45, 7) is 0. The van der Waals surface area contributed by atoms with Gasteiger partial charge in [-0.05, 0) is 21.1 Å². The van der Waals surface area contributed by atoms with Gasteiger partial charge in [-0.3, -0.25) is 9.11 Å². The van der Waals surface area contributed by atoms with Crippen LogP contribution in [0.4, 0.5) is 0 Å². The Balaban J connectivity index is -0.0000000910. The maximum atomic E-state index is 8.74. The van der Waals surface area contributed by atoms with Crippen molar-refractivity contribution in [2.24, 2.45) is 0 Å². The number of rotatable bonds is 0. The Kier molecular flexibility index (Phi) is 12.1. The predicted molar refractivity (Wildman–Crippen MR) is 44.2 cm³/mol. The van der Waals surface area contributed by atoms with E-state index in [1.807, 2.05) is 26.0 Å². The van der Waals surface area contributed by atoms with Crippen LogP contribution < -0.4 is 0 Å². The molecule has 0 heterocycles. The van der Waals surface area contributed by atoms with Crippen molar-refractivity contribution in [2.75, 3.05) is 21.1 Å². The van der Waals surface area contributed by atoms with Gasteiger partial charge in [-0.25, -0.2) is 0 Å². The first kappa shape index (κ1) is 16.6. The van der Waals surface area contributed by atoms with Crippen LogP contribution in [0, 0.1) is 0 Å². The molecular weight excluding hydrogens is 178 g/mol. The minimum absolute atomic E-state index is 0. The molecule has 0 aliphatic heterocycles. The van der Waals surface area contributed by atoms with Gasteiger partial charge in [0.2, 0.25) is 0 Å². The van der Waals surface area contributed by atoms with Gasteiger partial charge in [0.05, 0.1) is 0 Å². The van der Waals surface area contributed by atoms with Gasteiger partial charge < -0.3 is 4.90 Å². The molecule has 7 heteroatoms. The Hall–Kier alpha value is 0.180. The zero-order valence-electron chi connectivity index (χ0n) is 6.07. The van der Waals surface area contributed by atoms with Gasteiger partial charge >= 0.3 is 10.4 Å². The molecule has 5 nitrogen and oxygen atoms in total. The molecule has 0 aliphatic rings. The van der Waals surface area contributed by atoms with Crippen LogP contribution in [0.5, 0.6) is 0 Å². The van der Waals surface area contributed by atoms with Gasteiger partial charge in [0.1, 0.15) is 0 Å². The van der Waals surface area contributed by atoms with Crippen LogP contribution in [0.2, 0.25) is 0 Å². The molecule has 0 aliphatic carbocycles. The Morgan fingerprint density at radius 1 is 1.10 bits per heavy atom. The standard InChI is InChI=1S/C3H9N.H2O4S.H2S/c1-4(2)3;1-5(2,3)4;/h1-3H3;(H2,1,2,3,4);1H2. The SMILES string of the molecule is CN(C)C.O=S(=O)(O)O.S. The van der Waals surface area contributed by atoms with Gasteiger partial charge in [-0.15, -0.1) is 0 Å². The van der Waals surface area contributed by atoms with E-state index < -0.39 is 10.4 Å². The van der Waals surface area contributed by atoms with Gasteiger partial charge in [0, 0.05) is 0 Å². The van der Waals surface area contributed by atoms with Crippen molar-refractivity contribution in [1.29, 1.82) is 0 Å². The number of hydrogen-bond acceptors (Lipinski definition) is 3. The van der Waals surface area contributed by atoms with E-state index in [2.05, 4.69) is 0 Å². The molecule has 0 unspecified atom stereocenters. The largest absolute Gasteiger partial charge is 0.394 e. The highest BCUT2D eigenvalue weighted by Gasteiger charge is 1.84. The Morgan fingerprint density at radius 2 is 1.10 bits per heavy atom. The quantitative estimate of drug-likeness (QED) is 0.511. The van der Waals surface area contributed by atoms with E-state index >= 15 is 0 Å². The first-order valence-electron chi connectivity index (χ1n) is 2.04. The molecule has 10 heavy (non-hydrogen) atoms. The zero-order chi connectivity index (χ0) is 8.08. The van der Waals surface area contributed by atoms with Crippen LogP contribution in [0.1, 0.15) is 0 Å². The summed E-state index contributed by atoms with van der Waals surface area (Å²) in [4.78, 5) is 2.00. The highest BCUT2D eigenvalue weighted by atomic mass is 32.3. The van der Waals surface area contributed by atoms with Crippen molar-refractivity contribution in [3.63, 3.8) is 0 Å². The molecule has 0 aromatic rings. The molecule has 66 valence electrons. The Bertz CT molecular complexity index is 130. The van der Waals surface area contributed by atoms with Gasteiger partial charge in [-0.2, -0.15) is 21.9 Å². The van der Waals surface area contributed by atoms with E-state index in [0.717, 1.165) is 0 Å². The molecule has 2 N–H and O–H groups in total. The normalized spacial score (nSPS) is 9.40. The smallest absolute Gasteiger partial charge is 0.312 e. The fourth-order valence-electron chi connectivity index (χ4n) is 0. The maximum Gasteiger partial charge on any atom is 0.394 e. The van der Waals surface area contributed by atoms with Crippen molar-refractivity contribution < 1.29 is 17.5 Å². The van der Waals surface area contributed by atoms with E-state index in [1.54, 1.807) is 0 Å². The molecule has 0 bridgehead atoms. The highest BCUT2D eigenvalue weighted by molar-refractivity contribution is 7.79. The van der Waals surface area contributed by atoms with E-state index in [-0.39, 0.29) is 13.5 Å². The zero-order valence-corrected chi connectivity index (χ0v) is 7.88. The van der Waals surface area contributed by atoms with Crippen molar-refractivity contribution in [1.82, 2.24) is 4.90 Å². The molecular formula is C3H13NO4S2. The van der Waals surface area contributed by atoms with Crippen LogP contribution >= 0.6 is 13.5 Å². The van der Waals surface area contributed by atoms with Crippen LogP contribution in [0.15, 0.2) is 0 Å². The third kappa shape index (κ3) is 13000. The highest BCUT2D eigenvalue weighted by Crippen LogP contribution is 1.59. The summed E-state index contributed by atoms with van der Waals surface area (Å²) in [6.07, 6.45) is 0. The lowest BCUT2D eigenvalue weighted by Gasteiger charge is -1.90. The molecule has 0 amide bonds. The molecule has 0 atom stereocenters. The van der Waals surface area contributed by atoms with Crippen molar-refractivity contribution in [3.8, 4) is 0 Å². The first-order valence-corrected chi connectivity index (χ1v) is 3.44. The fraction of sp³-hybridized carbons (Fsp3) is 1.00. The van der Waals surface area contributed by atoms with Crippen molar-refractivity contribution in [3.05, 3.63) is 0 Å². The topological polar surface area (TPSA) is 77.8 Å². The molecule has 0 aromatic heterocycles. The van der Waals surface area contributed by atoms with Gasteiger partial charge in [0.25, 0.3) is 0 Å². The summed E-state index contributed by atoms with van der Waals surface area (Å²) in [5.74, 6) is 0. The maximum absolute atomic E-state index is 8.74. The molecule has 0 saturated heterocycles. The van der Waals surface area contributed by atoms with E-state index in [1.165, 1.54) is 0 Å². The van der Waals surface area contributed by atoms with Crippen LogP contribution in [0.3, 0.4) is 0 Å². The van der Waals surface area contributed by atoms with Crippen molar-refractivity contribution in [2.45, 2.75) is 0 Å². The van der Waals surface area contributed by atoms with Crippen molar-refractivity contribution >= 4 is 23.9 Å². The Morgan fingerprint density at radius 3 is 1.10 bits per heavy atom. The summed E-state index contributed by atoms with van der Waals surface area (Å²) in [6, 6.07) is 0. The molecule has 0 saturated carbocycles. The number of nitrogens with zero attached hydrogens (tertiary/aromatic N) is 1.